The van der Waals surface area contributed by atoms with Crippen molar-refractivity contribution < 1.29 is 22.7 Å². The molecule has 0 saturated carbocycles. The predicted octanol–water partition coefficient (Wildman–Crippen LogP) is 4.12. The molecule has 204 valence electrons. The average Bonchev–Trinajstić information content (AvgIpc) is 3.22. The van der Waals surface area contributed by atoms with Crippen LogP contribution in [0.15, 0.2) is 72.8 Å². The highest BCUT2D eigenvalue weighted by molar-refractivity contribution is 7.92. The summed E-state index contributed by atoms with van der Waals surface area (Å²) in [6.45, 7) is 2.89. The van der Waals surface area contributed by atoms with Crippen molar-refractivity contribution in [3.8, 4) is 0 Å². The highest BCUT2D eigenvalue weighted by Gasteiger charge is 2.29. The number of hydrogen-bond donors (Lipinski definition) is 2. The van der Waals surface area contributed by atoms with E-state index in [0.717, 1.165) is 5.56 Å². The number of ether oxygens (including phenoxy) is 1. The van der Waals surface area contributed by atoms with Gasteiger partial charge in [-0.25, -0.2) is 13.2 Å². The molecule has 1 aliphatic heterocycles. The molecule has 0 fully saturated rings. The molecule has 2 N–H and O–H groups in total. The molecule has 3 aromatic rings. The molecule has 39 heavy (non-hydrogen) atoms. The van der Waals surface area contributed by atoms with E-state index >= 15 is 0 Å². The van der Waals surface area contributed by atoms with Gasteiger partial charge in [0.2, 0.25) is 10.0 Å². The number of hydrogen-bond acceptors (Lipinski definition) is 7. The number of sulfonamides is 1. The molecule has 9 nitrogen and oxygen atoms in total. The summed E-state index contributed by atoms with van der Waals surface area (Å²) >= 11 is 0. The van der Waals surface area contributed by atoms with Crippen molar-refractivity contribution in [2.75, 3.05) is 55.0 Å². The van der Waals surface area contributed by atoms with Crippen molar-refractivity contribution in [1.29, 1.82) is 0 Å². The maximum absolute atomic E-state index is 13.2. The molecule has 3 aromatic carbocycles. The predicted molar refractivity (Wildman–Crippen MR) is 155 cm³/mol. The maximum atomic E-state index is 13.2. The SMILES string of the molecule is CCOC(=O)c1ccc2c(c1)NC(=O)/C2=C(\Nc1ccc(N(CCN(C)C)S(C)(=O)=O)cc1)c1ccccc1. The third-order valence-electron chi connectivity index (χ3n) is 6.16. The number of esters is 1. The minimum Gasteiger partial charge on any atom is -0.462 e. The second kappa shape index (κ2) is 11.7. The molecule has 1 heterocycles. The zero-order chi connectivity index (χ0) is 28.2. The average molecular weight is 549 g/mol. The smallest absolute Gasteiger partial charge is 0.338 e. The highest BCUT2D eigenvalue weighted by atomic mass is 32.2. The van der Waals surface area contributed by atoms with E-state index in [-0.39, 0.29) is 12.5 Å². The fourth-order valence-corrected chi connectivity index (χ4v) is 5.20. The Morgan fingerprint density at radius 3 is 2.26 bits per heavy atom. The molecule has 0 unspecified atom stereocenters. The van der Waals surface area contributed by atoms with Crippen LogP contribution in [0.3, 0.4) is 0 Å². The first kappa shape index (κ1) is 27.9. The van der Waals surface area contributed by atoms with Gasteiger partial charge in [0.25, 0.3) is 5.91 Å². The van der Waals surface area contributed by atoms with Gasteiger partial charge < -0.3 is 20.3 Å². The first-order valence-corrected chi connectivity index (χ1v) is 14.4. The summed E-state index contributed by atoms with van der Waals surface area (Å²) in [6, 6.07) is 21.5. The van der Waals surface area contributed by atoms with E-state index in [1.807, 2.05) is 49.3 Å². The van der Waals surface area contributed by atoms with E-state index in [1.165, 1.54) is 10.6 Å². The van der Waals surface area contributed by atoms with Gasteiger partial charge in [0.15, 0.2) is 0 Å². The van der Waals surface area contributed by atoms with Gasteiger partial charge >= 0.3 is 5.97 Å². The van der Waals surface area contributed by atoms with Crippen molar-refractivity contribution in [2.24, 2.45) is 0 Å². The van der Waals surface area contributed by atoms with Crippen LogP contribution in [0.5, 0.6) is 0 Å². The number of amides is 1. The number of likely N-dealkylation sites (N-methyl/N-ethyl adjacent to an activating group) is 1. The van der Waals surface area contributed by atoms with Crippen LogP contribution in [-0.2, 0) is 19.6 Å². The largest absolute Gasteiger partial charge is 0.462 e. The Balaban J connectivity index is 1.72. The van der Waals surface area contributed by atoms with E-state index in [9.17, 15) is 18.0 Å². The summed E-state index contributed by atoms with van der Waals surface area (Å²) in [5, 5.41) is 6.24. The Labute approximate surface area is 229 Å². The van der Waals surface area contributed by atoms with Crippen LogP contribution in [0, 0.1) is 0 Å². The lowest BCUT2D eigenvalue weighted by Crippen LogP contribution is -2.35. The second-order valence-electron chi connectivity index (χ2n) is 9.36. The normalized spacial score (nSPS) is 14.0. The van der Waals surface area contributed by atoms with Crippen molar-refractivity contribution in [3.63, 3.8) is 0 Å². The van der Waals surface area contributed by atoms with Crippen LogP contribution < -0.4 is 14.9 Å². The van der Waals surface area contributed by atoms with Gasteiger partial charge in [0, 0.05) is 24.3 Å². The molecule has 1 amide bonds. The molecule has 0 atom stereocenters. The van der Waals surface area contributed by atoms with Crippen LogP contribution in [0.4, 0.5) is 17.1 Å². The Morgan fingerprint density at radius 1 is 0.949 bits per heavy atom. The Kier molecular flexibility index (Phi) is 8.37. The van der Waals surface area contributed by atoms with Crippen molar-refractivity contribution in [2.45, 2.75) is 6.92 Å². The highest BCUT2D eigenvalue weighted by Crippen LogP contribution is 2.38. The standard InChI is InChI=1S/C29H32N4O5S/c1-5-38-29(35)21-11-16-24-25(19-21)31-28(34)26(24)27(20-9-7-6-8-10-20)30-22-12-14-23(15-13-22)33(39(4,36)37)18-17-32(2)3/h6-16,19,30H,5,17-18H2,1-4H3,(H,31,34)/b27-26-. The molecule has 0 saturated heterocycles. The van der Waals surface area contributed by atoms with Crippen molar-refractivity contribution in [3.05, 3.63) is 89.5 Å². The molecule has 1 aliphatic rings. The zero-order valence-electron chi connectivity index (χ0n) is 22.4. The first-order valence-electron chi connectivity index (χ1n) is 12.5. The molecular weight excluding hydrogens is 516 g/mol. The number of nitrogens with zero attached hydrogens (tertiary/aromatic N) is 2. The van der Waals surface area contributed by atoms with Gasteiger partial charge in [-0.3, -0.25) is 9.10 Å². The van der Waals surface area contributed by atoms with Crippen LogP contribution in [0.25, 0.3) is 11.3 Å². The molecule has 0 aromatic heterocycles. The molecular formula is C29H32N4O5S. The van der Waals surface area contributed by atoms with Gasteiger partial charge in [-0.05, 0) is 63.0 Å². The van der Waals surface area contributed by atoms with Gasteiger partial charge in [0.05, 0.1) is 41.1 Å². The lowest BCUT2D eigenvalue weighted by Gasteiger charge is -2.24. The number of carbonyl (C=O) groups excluding carboxylic acids is 2. The fourth-order valence-electron chi connectivity index (χ4n) is 4.28. The van der Waals surface area contributed by atoms with E-state index in [1.54, 1.807) is 49.4 Å². The Hall–Kier alpha value is -4.15. The fraction of sp³-hybridized carbons (Fsp3) is 0.241. The number of anilines is 3. The number of rotatable bonds is 10. The van der Waals surface area contributed by atoms with Crippen LogP contribution in [0.1, 0.15) is 28.4 Å². The van der Waals surface area contributed by atoms with Gasteiger partial charge in [-0.1, -0.05) is 36.4 Å². The number of carbonyl (C=O) groups is 2. The summed E-state index contributed by atoms with van der Waals surface area (Å²) in [7, 11) is 0.311. The van der Waals surface area contributed by atoms with Gasteiger partial charge in [0.1, 0.15) is 0 Å². The zero-order valence-corrected chi connectivity index (χ0v) is 23.2. The summed E-state index contributed by atoms with van der Waals surface area (Å²) in [5.74, 6) is -0.761. The van der Waals surface area contributed by atoms with Crippen LogP contribution in [-0.4, -0.2) is 65.2 Å². The number of nitrogens with one attached hydrogen (secondary N) is 2. The lowest BCUT2D eigenvalue weighted by molar-refractivity contribution is -0.110. The molecule has 10 heteroatoms. The van der Waals surface area contributed by atoms with Crippen molar-refractivity contribution in [1.82, 2.24) is 4.90 Å². The minimum atomic E-state index is -3.47. The van der Waals surface area contributed by atoms with E-state index in [0.29, 0.717) is 52.5 Å². The molecule has 4 rings (SSSR count). The molecule has 0 bridgehead atoms. The number of fused-ring (bicyclic) bond motifs is 1. The topological polar surface area (TPSA) is 108 Å². The number of benzene rings is 3. The Morgan fingerprint density at radius 2 is 1.64 bits per heavy atom. The molecule has 0 radical (unpaired) electrons. The first-order chi connectivity index (χ1) is 18.6. The monoisotopic (exact) mass is 548 g/mol. The Bertz CT molecular complexity index is 1500. The summed E-state index contributed by atoms with van der Waals surface area (Å²) in [6.07, 6.45) is 1.19. The van der Waals surface area contributed by atoms with Gasteiger partial charge in [-0.15, -0.1) is 0 Å². The van der Waals surface area contributed by atoms with Crippen LogP contribution >= 0.6 is 0 Å². The lowest BCUT2D eigenvalue weighted by atomic mass is 9.99. The summed E-state index contributed by atoms with van der Waals surface area (Å²) in [4.78, 5) is 27.4. The maximum Gasteiger partial charge on any atom is 0.338 e. The van der Waals surface area contributed by atoms with Crippen LogP contribution in [0.2, 0.25) is 0 Å². The quantitative estimate of drug-likeness (QED) is 0.290. The summed E-state index contributed by atoms with van der Waals surface area (Å²) < 4.78 is 31.3. The minimum absolute atomic E-state index is 0.256. The summed E-state index contributed by atoms with van der Waals surface area (Å²) in [5.41, 5.74) is 4.56. The van der Waals surface area contributed by atoms with E-state index < -0.39 is 16.0 Å². The molecule has 0 spiro atoms. The third-order valence-corrected chi connectivity index (χ3v) is 7.36. The second-order valence-corrected chi connectivity index (χ2v) is 11.3. The third kappa shape index (κ3) is 6.47. The van der Waals surface area contributed by atoms with Gasteiger partial charge in [-0.2, -0.15) is 0 Å². The van der Waals surface area contributed by atoms with E-state index in [4.69, 9.17) is 4.74 Å². The van der Waals surface area contributed by atoms with Crippen molar-refractivity contribution >= 4 is 50.2 Å². The van der Waals surface area contributed by atoms with E-state index in [2.05, 4.69) is 10.6 Å². The molecule has 0 aliphatic carbocycles.